The van der Waals surface area contributed by atoms with E-state index in [9.17, 15) is 57.9 Å². The van der Waals surface area contributed by atoms with Crippen LogP contribution < -0.4 is 16.4 Å². The standard InChI is InChI=1S/C29H50N7O17P3S/c1-4-5-6-7-8-9-20(38)57-13-12-31-19(37)10-11-32-27(41)24(40)29(2,3)15-50-56(47,48)53-55(45,46)49-14-18-23(52-54(42,43)44)22(39)28(51-18)36-17-35-21-25(30)33-16-34-26(21)36/h16-18,22-24,28,39-40H,4-15H2,1-3H3,(H,31,37)(H,32,41)(H,45,46)(H,47,48)(H2,30,33,34)(H2,42,43,44)/t18-,22-,23-,24+,28-/m1/s1. The van der Waals surface area contributed by atoms with Gasteiger partial charge in [0.25, 0.3) is 0 Å². The van der Waals surface area contributed by atoms with Crippen LogP contribution in [0.5, 0.6) is 0 Å². The number of imidazole rings is 1. The number of hydrogen-bond acceptors (Lipinski definition) is 18. The molecule has 0 spiro atoms. The highest BCUT2D eigenvalue weighted by molar-refractivity contribution is 8.13. The first kappa shape index (κ1) is 48.9. The Morgan fingerprint density at radius 1 is 1.00 bits per heavy atom. The molecule has 0 aliphatic carbocycles. The third-order valence-electron chi connectivity index (χ3n) is 8.25. The number of aliphatic hydroxyl groups is 2. The zero-order chi connectivity index (χ0) is 42.6. The zero-order valence-electron chi connectivity index (χ0n) is 31.3. The summed E-state index contributed by atoms with van der Waals surface area (Å²) in [5.74, 6) is -1.03. The highest BCUT2D eigenvalue weighted by Crippen LogP contribution is 2.61. The summed E-state index contributed by atoms with van der Waals surface area (Å²) in [6.45, 7) is 2.67. The number of fused-ring (bicyclic) bond motifs is 1. The Hall–Kier alpha value is -2.44. The van der Waals surface area contributed by atoms with Crippen molar-refractivity contribution in [1.29, 1.82) is 0 Å². The second-order valence-electron chi connectivity index (χ2n) is 13.5. The maximum absolute atomic E-state index is 12.7. The van der Waals surface area contributed by atoms with Crippen molar-refractivity contribution < 1.29 is 80.5 Å². The fraction of sp³-hybridized carbons (Fsp3) is 0.724. The summed E-state index contributed by atoms with van der Waals surface area (Å²) in [4.78, 5) is 87.6. The molecule has 3 rings (SSSR count). The molecule has 10 N–H and O–H groups in total. The molecule has 0 saturated carbocycles. The van der Waals surface area contributed by atoms with Crippen molar-refractivity contribution >= 4 is 69.1 Å². The van der Waals surface area contributed by atoms with E-state index < -0.39 is 84.6 Å². The van der Waals surface area contributed by atoms with E-state index in [1.165, 1.54) is 13.8 Å². The average Bonchev–Trinajstić information content (AvgIpc) is 3.68. The van der Waals surface area contributed by atoms with Gasteiger partial charge < -0.3 is 50.9 Å². The molecular formula is C29H50N7O17P3S. The van der Waals surface area contributed by atoms with Crippen molar-refractivity contribution in [3.63, 3.8) is 0 Å². The number of aromatic nitrogens is 4. The van der Waals surface area contributed by atoms with E-state index in [0.29, 0.717) is 12.2 Å². The maximum Gasteiger partial charge on any atom is 0.481 e. The lowest BCUT2D eigenvalue weighted by Gasteiger charge is -2.30. The molecule has 0 aromatic carbocycles. The van der Waals surface area contributed by atoms with Gasteiger partial charge in [-0.3, -0.25) is 32.5 Å². The third kappa shape index (κ3) is 15.9. The molecule has 1 saturated heterocycles. The Morgan fingerprint density at radius 3 is 2.37 bits per heavy atom. The van der Waals surface area contributed by atoms with E-state index in [2.05, 4.69) is 41.3 Å². The molecule has 0 bridgehead atoms. The van der Waals surface area contributed by atoms with Gasteiger partial charge in [-0.25, -0.2) is 28.6 Å². The molecule has 3 heterocycles. The molecule has 24 nitrogen and oxygen atoms in total. The number of phosphoric ester groups is 3. The van der Waals surface area contributed by atoms with E-state index in [1.54, 1.807) is 0 Å². The largest absolute Gasteiger partial charge is 0.481 e. The molecule has 7 atom stereocenters. The van der Waals surface area contributed by atoms with Crippen molar-refractivity contribution in [2.24, 2.45) is 5.41 Å². The fourth-order valence-corrected chi connectivity index (χ4v) is 8.79. The number of aliphatic hydroxyl groups excluding tert-OH is 2. The number of nitrogens with zero attached hydrogens (tertiary/aromatic N) is 4. The van der Waals surface area contributed by atoms with Crippen molar-refractivity contribution in [2.45, 2.75) is 96.4 Å². The smallest absolute Gasteiger partial charge is 0.386 e. The molecule has 0 radical (unpaired) electrons. The van der Waals surface area contributed by atoms with Gasteiger partial charge in [0.15, 0.2) is 22.8 Å². The first-order chi connectivity index (χ1) is 26.6. The van der Waals surface area contributed by atoms with Gasteiger partial charge >= 0.3 is 23.5 Å². The summed E-state index contributed by atoms with van der Waals surface area (Å²) in [7, 11) is -16.4. The number of carbonyl (C=O) groups is 3. The van der Waals surface area contributed by atoms with Crippen LogP contribution in [0.3, 0.4) is 0 Å². The molecule has 1 aliphatic rings. The first-order valence-electron chi connectivity index (χ1n) is 17.6. The van der Waals surface area contributed by atoms with Gasteiger partial charge in [-0.1, -0.05) is 58.2 Å². The van der Waals surface area contributed by atoms with Gasteiger partial charge in [0.05, 0.1) is 19.5 Å². The summed E-state index contributed by atoms with van der Waals surface area (Å²) in [6.07, 6.45) is -1.22. The lowest BCUT2D eigenvalue weighted by atomic mass is 9.87. The highest BCUT2D eigenvalue weighted by atomic mass is 32.2. The van der Waals surface area contributed by atoms with Crippen LogP contribution in [0, 0.1) is 5.41 Å². The van der Waals surface area contributed by atoms with E-state index >= 15 is 0 Å². The Morgan fingerprint density at radius 2 is 1.68 bits per heavy atom. The number of rotatable bonds is 25. The average molecular weight is 894 g/mol. The van der Waals surface area contributed by atoms with E-state index in [0.717, 1.165) is 61.1 Å². The predicted molar refractivity (Wildman–Crippen MR) is 200 cm³/mol. The van der Waals surface area contributed by atoms with Crippen molar-refractivity contribution in [2.75, 3.05) is 37.8 Å². The molecule has 1 fully saturated rings. The van der Waals surface area contributed by atoms with Gasteiger partial charge in [0.2, 0.25) is 11.8 Å². The van der Waals surface area contributed by atoms with Crippen LogP contribution in [0.4, 0.5) is 5.82 Å². The summed E-state index contributed by atoms with van der Waals surface area (Å²) >= 11 is 1.13. The number of phosphoric acid groups is 3. The number of carbonyl (C=O) groups excluding carboxylic acids is 3. The van der Waals surface area contributed by atoms with Gasteiger partial charge in [0.1, 0.15) is 36.3 Å². The molecule has 324 valence electrons. The van der Waals surface area contributed by atoms with Crippen molar-refractivity contribution in [1.82, 2.24) is 30.2 Å². The van der Waals surface area contributed by atoms with Crippen LogP contribution in [0.25, 0.3) is 11.2 Å². The minimum absolute atomic E-state index is 0.0325. The number of hydrogen-bond donors (Lipinski definition) is 9. The Labute approximate surface area is 331 Å². The number of nitrogen functional groups attached to an aromatic ring is 1. The fourth-order valence-electron chi connectivity index (χ4n) is 5.24. The number of nitrogens with one attached hydrogen (secondary N) is 2. The summed E-state index contributed by atoms with van der Waals surface area (Å²) in [5, 5.41) is 26.5. The maximum atomic E-state index is 12.7. The van der Waals surface area contributed by atoms with Crippen LogP contribution in [-0.4, -0.2) is 123 Å². The molecule has 28 heteroatoms. The molecule has 1 aliphatic heterocycles. The molecule has 2 aromatic heterocycles. The zero-order valence-corrected chi connectivity index (χ0v) is 34.8. The lowest BCUT2D eigenvalue weighted by molar-refractivity contribution is -0.137. The van der Waals surface area contributed by atoms with Crippen molar-refractivity contribution in [3.8, 4) is 0 Å². The normalized spacial score (nSPS) is 21.5. The van der Waals surface area contributed by atoms with Crippen LogP contribution in [0.15, 0.2) is 12.7 Å². The summed E-state index contributed by atoms with van der Waals surface area (Å²) in [6, 6.07) is 0. The SMILES string of the molecule is CCCCCCCC(=O)SCCNC(=O)CCNC(=O)[C@H](O)C(C)(C)COP(=O)(O)OP(=O)(O)OC[C@H]1O[C@@H](n2cnc3c(N)ncnc32)[C@H](O)[C@@H]1OP(=O)(O)O. The number of amides is 2. The number of nitrogens with two attached hydrogens (primary N) is 1. The van der Waals surface area contributed by atoms with Gasteiger partial charge in [-0.05, 0) is 6.42 Å². The number of anilines is 1. The van der Waals surface area contributed by atoms with E-state index in [1.807, 2.05) is 0 Å². The minimum Gasteiger partial charge on any atom is -0.386 e. The first-order valence-corrected chi connectivity index (χ1v) is 23.1. The number of unbranched alkanes of at least 4 members (excludes halogenated alkanes) is 4. The molecule has 2 amide bonds. The predicted octanol–water partition coefficient (Wildman–Crippen LogP) is 1.03. The van der Waals surface area contributed by atoms with Gasteiger partial charge in [-0.2, -0.15) is 4.31 Å². The van der Waals surface area contributed by atoms with Crippen LogP contribution in [0.1, 0.15) is 71.9 Å². The molecule has 2 unspecified atom stereocenters. The third-order valence-corrected chi connectivity index (χ3v) is 12.3. The number of thioether (sulfide) groups is 1. The second-order valence-corrected chi connectivity index (χ2v) is 18.8. The van der Waals surface area contributed by atoms with Crippen LogP contribution >= 0.6 is 35.2 Å². The van der Waals surface area contributed by atoms with Crippen LogP contribution in [0.2, 0.25) is 0 Å². The molecule has 57 heavy (non-hydrogen) atoms. The van der Waals surface area contributed by atoms with E-state index in [-0.39, 0.29) is 41.6 Å². The van der Waals surface area contributed by atoms with Gasteiger partial charge in [-0.15, -0.1) is 0 Å². The number of ether oxygens (including phenoxy) is 1. The lowest BCUT2D eigenvalue weighted by Crippen LogP contribution is -2.46. The summed E-state index contributed by atoms with van der Waals surface area (Å²) in [5.41, 5.74) is 4.27. The van der Waals surface area contributed by atoms with E-state index in [4.69, 9.17) is 19.5 Å². The van der Waals surface area contributed by atoms with Gasteiger partial charge in [0, 0.05) is 37.1 Å². The minimum atomic E-state index is -5.57. The topological polar surface area (TPSA) is 364 Å². The molecule has 2 aromatic rings. The highest BCUT2D eigenvalue weighted by Gasteiger charge is 2.50. The van der Waals surface area contributed by atoms with Crippen LogP contribution in [-0.2, 0) is 50.7 Å². The summed E-state index contributed by atoms with van der Waals surface area (Å²) < 4.78 is 62.1. The Balaban J connectivity index is 1.45. The quantitative estimate of drug-likeness (QED) is 0.0496. The van der Waals surface area contributed by atoms with Crippen molar-refractivity contribution in [3.05, 3.63) is 12.7 Å². The Kier molecular flexibility index (Phi) is 18.6. The monoisotopic (exact) mass is 893 g/mol. The second kappa shape index (κ2) is 21.7. The Bertz CT molecular complexity index is 1820. The molecular weight excluding hydrogens is 843 g/mol.